The zero-order chi connectivity index (χ0) is 28.8. The minimum absolute atomic E-state index is 0.0708. The van der Waals surface area contributed by atoms with Gasteiger partial charge in [0.15, 0.2) is 5.11 Å². The van der Waals surface area contributed by atoms with E-state index in [9.17, 15) is 9.59 Å². The van der Waals surface area contributed by atoms with Crippen molar-refractivity contribution in [3.05, 3.63) is 113 Å². The fourth-order valence-corrected chi connectivity index (χ4v) is 4.83. The van der Waals surface area contributed by atoms with Crippen LogP contribution in [0.4, 0.5) is 11.4 Å². The highest BCUT2D eigenvalue weighted by Gasteiger charge is 2.22. The van der Waals surface area contributed by atoms with E-state index >= 15 is 0 Å². The van der Waals surface area contributed by atoms with E-state index in [1.54, 1.807) is 24.3 Å². The lowest BCUT2D eigenvalue weighted by Gasteiger charge is -2.36. The third-order valence-electron chi connectivity index (χ3n) is 6.75. The number of carbonyl (C=O) groups excluding carboxylic acids is 2. The number of carbonyl (C=O) groups is 2. The molecule has 4 aromatic rings. The van der Waals surface area contributed by atoms with E-state index in [0.29, 0.717) is 29.6 Å². The van der Waals surface area contributed by atoms with Crippen molar-refractivity contribution < 1.29 is 14.0 Å². The van der Waals surface area contributed by atoms with Crippen LogP contribution in [-0.2, 0) is 4.79 Å². The second-order valence-electron chi connectivity index (χ2n) is 9.68. The summed E-state index contributed by atoms with van der Waals surface area (Å²) in [4.78, 5) is 29.3. The summed E-state index contributed by atoms with van der Waals surface area (Å²) in [5.41, 5.74) is 4.58. The highest BCUT2D eigenvalue weighted by molar-refractivity contribution is 7.80. The Morgan fingerprint density at radius 1 is 0.878 bits per heavy atom. The van der Waals surface area contributed by atoms with Gasteiger partial charge in [-0.05, 0) is 98.0 Å². The molecule has 1 aliphatic heterocycles. The van der Waals surface area contributed by atoms with Gasteiger partial charge >= 0.3 is 0 Å². The van der Waals surface area contributed by atoms with Gasteiger partial charge in [0, 0.05) is 59.8 Å². The second-order valence-corrected chi connectivity index (χ2v) is 10.5. The van der Waals surface area contributed by atoms with E-state index in [0.717, 1.165) is 41.2 Å². The molecule has 5 rings (SSSR count). The zero-order valence-corrected chi connectivity index (χ0v) is 24.0. The van der Waals surface area contributed by atoms with E-state index in [1.165, 1.54) is 6.08 Å². The Bertz CT molecular complexity index is 1560. The van der Waals surface area contributed by atoms with Gasteiger partial charge in [-0.15, -0.1) is 0 Å². The molecule has 41 heavy (non-hydrogen) atoms. The smallest absolute Gasteiger partial charge is 0.253 e. The summed E-state index contributed by atoms with van der Waals surface area (Å²) >= 11 is 11.2. The first-order chi connectivity index (χ1) is 19.8. The molecule has 2 amide bonds. The van der Waals surface area contributed by atoms with Gasteiger partial charge in [-0.1, -0.05) is 29.3 Å². The second kappa shape index (κ2) is 12.8. The molecule has 0 radical (unpaired) electrons. The number of halogens is 1. The average Bonchev–Trinajstić information content (AvgIpc) is 3.46. The van der Waals surface area contributed by atoms with E-state index < -0.39 is 0 Å². The highest BCUT2D eigenvalue weighted by atomic mass is 35.5. The number of nitrogens with zero attached hydrogens (tertiary/aromatic N) is 2. The van der Waals surface area contributed by atoms with Crippen LogP contribution in [0.15, 0.2) is 95.4 Å². The molecule has 2 heterocycles. The van der Waals surface area contributed by atoms with Crippen LogP contribution in [-0.4, -0.2) is 48.0 Å². The van der Waals surface area contributed by atoms with Crippen LogP contribution in [0.2, 0.25) is 5.02 Å². The standard InChI is InChI=1S/C32H29ClN4O3S/c1-22-2-4-24(5-3-22)31(39)37-20-18-36(19-21-37)27-12-10-26(11-13-27)34-32(41)35-30(38)17-15-28-14-16-29(40-28)23-6-8-25(33)9-7-23/h2-17H,18-21H2,1H3,(H2,34,35,38,41)/b17-15+. The monoisotopic (exact) mass is 584 g/mol. The van der Waals surface area contributed by atoms with Crippen molar-refractivity contribution in [2.75, 3.05) is 36.4 Å². The first kappa shape index (κ1) is 28.1. The molecule has 3 aromatic carbocycles. The van der Waals surface area contributed by atoms with Gasteiger partial charge in [0.1, 0.15) is 11.5 Å². The number of furan rings is 1. The SMILES string of the molecule is Cc1ccc(C(=O)N2CCN(c3ccc(NC(=S)NC(=O)/C=C/c4ccc(-c5ccc(Cl)cc5)o4)cc3)CC2)cc1. The van der Waals surface area contributed by atoms with Crippen molar-refractivity contribution in [2.24, 2.45) is 0 Å². The number of piperazine rings is 1. The molecule has 1 aromatic heterocycles. The molecule has 2 N–H and O–H groups in total. The molecule has 208 valence electrons. The summed E-state index contributed by atoms with van der Waals surface area (Å²) in [6.07, 6.45) is 2.95. The number of benzene rings is 3. The topological polar surface area (TPSA) is 77.8 Å². The van der Waals surface area contributed by atoms with Crippen LogP contribution in [0.3, 0.4) is 0 Å². The minimum atomic E-state index is -0.374. The summed E-state index contributed by atoms with van der Waals surface area (Å²) in [6, 6.07) is 26.5. The summed E-state index contributed by atoms with van der Waals surface area (Å²) < 4.78 is 5.78. The van der Waals surface area contributed by atoms with Gasteiger partial charge in [0.25, 0.3) is 5.91 Å². The van der Waals surface area contributed by atoms with E-state index in [2.05, 4.69) is 15.5 Å². The third-order valence-corrected chi connectivity index (χ3v) is 7.20. The van der Waals surface area contributed by atoms with Gasteiger partial charge in [-0.3, -0.25) is 14.9 Å². The molecule has 1 aliphatic rings. The molecule has 1 saturated heterocycles. The van der Waals surface area contributed by atoms with Crippen molar-refractivity contribution >= 4 is 58.2 Å². The van der Waals surface area contributed by atoms with Crippen LogP contribution in [0, 0.1) is 6.92 Å². The normalized spacial score (nSPS) is 13.3. The van der Waals surface area contributed by atoms with Crippen LogP contribution in [0.1, 0.15) is 21.7 Å². The maximum Gasteiger partial charge on any atom is 0.253 e. The third kappa shape index (κ3) is 7.42. The fraction of sp³-hybridized carbons (Fsp3) is 0.156. The number of rotatable bonds is 6. The van der Waals surface area contributed by atoms with Crippen molar-refractivity contribution in [3.8, 4) is 11.3 Å². The molecular formula is C32H29ClN4O3S. The first-order valence-corrected chi connectivity index (χ1v) is 14.0. The fourth-order valence-electron chi connectivity index (χ4n) is 4.49. The summed E-state index contributed by atoms with van der Waals surface area (Å²) in [5, 5.41) is 6.52. The number of aryl methyl sites for hydroxylation is 1. The molecule has 0 unspecified atom stereocenters. The maximum absolute atomic E-state index is 12.8. The zero-order valence-electron chi connectivity index (χ0n) is 22.5. The van der Waals surface area contributed by atoms with Gasteiger partial charge < -0.3 is 19.5 Å². The number of amides is 2. The van der Waals surface area contributed by atoms with Gasteiger partial charge in [0.2, 0.25) is 5.91 Å². The maximum atomic E-state index is 12.8. The minimum Gasteiger partial charge on any atom is -0.457 e. The highest BCUT2D eigenvalue weighted by Crippen LogP contribution is 2.24. The van der Waals surface area contributed by atoms with Crippen LogP contribution in [0.25, 0.3) is 17.4 Å². The van der Waals surface area contributed by atoms with Crippen molar-refractivity contribution in [1.82, 2.24) is 10.2 Å². The summed E-state index contributed by atoms with van der Waals surface area (Å²) in [7, 11) is 0. The largest absolute Gasteiger partial charge is 0.457 e. The lowest BCUT2D eigenvalue weighted by molar-refractivity contribution is -0.115. The molecule has 0 spiro atoms. The van der Waals surface area contributed by atoms with E-state index in [4.69, 9.17) is 28.2 Å². The van der Waals surface area contributed by atoms with Crippen molar-refractivity contribution in [1.29, 1.82) is 0 Å². The number of thiocarbonyl (C=S) groups is 1. The Labute approximate surface area is 249 Å². The van der Waals surface area contributed by atoms with Crippen molar-refractivity contribution in [3.63, 3.8) is 0 Å². The average molecular weight is 585 g/mol. The lowest BCUT2D eigenvalue weighted by atomic mass is 10.1. The Hall–Kier alpha value is -4.40. The van der Waals surface area contributed by atoms with Crippen molar-refractivity contribution in [2.45, 2.75) is 6.92 Å². The number of nitrogens with one attached hydrogen (secondary N) is 2. The molecule has 9 heteroatoms. The summed E-state index contributed by atoms with van der Waals surface area (Å²) in [6.45, 7) is 4.84. The van der Waals surface area contributed by atoms with Gasteiger partial charge in [0.05, 0.1) is 0 Å². The van der Waals surface area contributed by atoms with Crippen LogP contribution in [0.5, 0.6) is 0 Å². The number of anilines is 2. The molecule has 7 nitrogen and oxygen atoms in total. The van der Waals surface area contributed by atoms with E-state index in [1.807, 2.05) is 78.6 Å². The van der Waals surface area contributed by atoms with Gasteiger partial charge in [-0.2, -0.15) is 0 Å². The predicted octanol–water partition coefficient (Wildman–Crippen LogP) is 6.40. The molecule has 0 saturated carbocycles. The van der Waals surface area contributed by atoms with Gasteiger partial charge in [-0.25, -0.2) is 0 Å². The Balaban J connectivity index is 1.08. The molecule has 0 bridgehead atoms. The molecule has 1 fully saturated rings. The quantitative estimate of drug-likeness (QED) is 0.202. The summed E-state index contributed by atoms with van der Waals surface area (Å²) in [5.74, 6) is 0.919. The van der Waals surface area contributed by atoms with E-state index in [-0.39, 0.29) is 16.9 Å². The van der Waals surface area contributed by atoms with Crippen LogP contribution < -0.4 is 15.5 Å². The Morgan fingerprint density at radius 2 is 1.56 bits per heavy atom. The Morgan fingerprint density at radius 3 is 2.24 bits per heavy atom. The predicted molar refractivity (Wildman–Crippen MR) is 168 cm³/mol. The first-order valence-electron chi connectivity index (χ1n) is 13.2. The number of hydrogen-bond donors (Lipinski definition) is 2. The molecule has 0 atom stereocenters. The molecule has 0 aliphatic carbocycles. The molecular weight excluding hydrogens is 556 g/mol. The number of hydrogen-bond acceptors (Lipinski definition) is 5. The van der Waals surface area contributed by atoms with Crippen LogP contribution >= 0.6 is 23.8 Å². The lowest BCUT2D eigenvalue weighted by Crippen LogP contribution is -2.48. The Kier molecular flexibility index (Phi) is 8.82.